The summed E-state index contributed by atoms with van der Waals surface area (Å²) in [4.78, 5) is 0. The van der Waals surface area contributed by atoms with Gasteiger partial charge in [0.1, 0.15) is 0 Å². The van der Waals surface area contributed by atoms with Gasteiger partial charge in [0.15, 0.2) is 0 Å². The minimum Gasteiger partial charge on any atom is -0.324 e. The number of hydrogen-bond acceptors (Lipinski definition) is 1. The topological polar surface area (TPSA) is 26.0 Å². The van der Waals surface area contributed by atoms with E-state index in [2.05, 4.69) is 48.6 Å². The summed E-state index contributed by atoms with van der Waals surface area (Å²) in [7, 11) is 0. The second-order valence-corrected chi connectivity index (χ2v) is 5.53. The van der Waals surface area contributed by atoms with Crippen LogP contribution in [-0.2, 0) is 12.8 Å². The lowest BCUT2D eigenvalue weighted by Gasteiger charge is -2.21. The summed E-state index contributed by atoms with van der Waals surface area (Å²) >= 11 is 0. The third-order valence-electron chi connectivity index (χ3n) is 4.32. The van der Waals surface area contributed by atoms with Crippen molar-refractivity contribution in [3.63, 3.8) is 0 Å². The van der Waals surface area contributed by atoms with E-state index in [0.29, 0.717) is 0 Å². The SMILES string of the molecule is NC1C=Cc2ccc3c4c(ccc3c2C1)C=CCC4. The van der Waals surface area contributed by atoms with Crippen LogP contribution >= 0.6 is 0 Å². The van der Waals surface area contributed by atoms with E-state index in [9.17, 15) is 0 Å². The Balaban J connectivity index is 2.04. The van der Waals surface area contributed by atoms with Crippen molar-refractivity contribution in [1.29, 1.82) is 0 Å². The quantitative estimate of drug-likeness (QED) is 0.754. The van der Waals surface area contributed by atoms with Gasteiger partial charge >= 0.3 is 0 Å². The van der Waals surface area contributed by atoms with Gasteiger partial charge in [-0.15, -0.1) is 0 Å². The number of hydrogen-bond donors (Lipinski definition) is 1. The van der Waals surface area contributed by atoms with Crippen molar-refractivity contribution in [2.75, 3.05) is 0 Å². The van der Waals surface area contributed by atoms with Gasteiger partial charge in [-0.05, 0) is 52.3 Å². The molecule has 2 aromatic rings. The van der Waals surface area contributed by atoms with Crippen LogP contribution in [0.1, 0.15) is 28.7 Å². The molecule has 0 amide bonds. The Morgan fingerprint density at radius 3 is 2.47 bits per heavy atom. The van der Waals surface area contributed by atoms with Crippen LogP contribution in [0.5, 0.6) is 0 Å². The van der Waals surface area contributed by atoms with Gasteiger partial charge in [-0.3, -0.25) is 0 Å². The molecule has 1 nitrogen and oxygen atoms in total. The molecular formula is C18H17N. The molecule has 0 heterocycles. The highest BCUT2D eigenvalue weighted by atomic mass is 14.6. The van der Waals surface area contributed by atoms with Crippen molar-refractivity contribution in [3.05, 3.63) is 58.7 Å². The largest absolute Gasteiger partial charge is 0.324 e. The van der Waals surface area contributed by atoms with Gasteiger partial charge < -0.3 is 5.73 Å². The minimum atomic E-state index is 0.161. The zero-order valence-corrected chi connectivity index (χ0v) is 10.9. The monoisotopic (exact) mass is 247 g/mol. The number of allylic oxidation sites excluding steroid dienone is 1. The summed E-state index contributed by atoms with van der Waals surface area (Å²) in [5.41, 5.74) is 11.7. The normalized spacial score (nSPS) is 20.4. The fourth-order valence-corrected chi connectivity index (χ4v) is 3.35. The van der Waals surface area contributed by atoms with Crippen molar-refractivity contribution in [2.45, 2.75) is 25.3 Å². The fourth-order valence-electron chi connectivity index (χ4n) is 3.35. The zero-order valence-electron chi connectivity index (χ0n) is 10.9. The van der Waals surface area contributed by atoms with Crippen LogP contribution in [0, 0.1) is 0 Å². The van der Waals surface area contributed by atoms with Crippen LogP contribution < -0.4 is 5.73 Å². The molecule has 0 radical (unpaired) electrons. The Labute approximate surface area is 113 Å². The maximum Gasteiger partial charge on any atom is 0.0268 e. The molecule has 0 saturated carbocycles. The minimum absolute atomic E-state index is 0.161. The Bertz CT molecular complexity index is 722. The van der Waals surface area contributed by atoms with E-state index < -0.39 is 0 Å². The molecule has 0 spiro atoms. The van der Waals surface area contributed by atoms with E-state index >= 15 is 0 Å². The number of nitrogens with two attached hydrogens (primary N) is 1. The van der Waals surface area contributed by atoms with E-state index in [1.807, 2.05) is 0 Å². The summed E-state index contributed by atoms with van der Waals surface area (Å²) in [6, 6.07) is 9.23. The molecule has 2 aliphatic carbocycles. The summed E-state index contributed by atoms with van der Waals surface area (Å²) in [6.07, 6.45) is 12.1. The molecule has 0 aromatic heterocycles. The van der Waals surface area contributed by atoms with Gasteiger partial charge in [0.25, 0.3) is 0 Å². The molecule has 4 rings (SSSR count). The molecular weight excluding hydrogens is 230 g/mol. The van der Waals surface area contributed by atoms with Crippen molar-refractivity contribution in [2.24, 2.45) is 5.73 Å². The third-order valence-corrected chi connectivity index (χ3v) is 4.32. The predicted octanol–water partition coefficient (Wildman–Crippen LogP) is 3.70. The first-order valence-corrected chi connectivity index (χ1v) is 7.01. The molecule has 1 heteroatoms. The van der Waals surface area contributed by atoms with Crippen LogP contribution in [0.25, 0.3) is 22.9 Å². The van der Waals surface area contributed by atoms with Gasteiger partial charge in [0.2, 0.25) is 0 Å². The molecule has 2 N–H and O–H groups in total. The Morgan fingerprint density at radius 1 is 0.895 bits per heavy atom. The molecule has 0 aliphatic heterocycles. The smallest absolute Gasteiger partial charge is 0.0268 e. The third kappa shape index (κ3) is 1.66. The second kappa shape index (κ2) is 4.07. The molecule has 0 bridgehead atoms. The highest BCUT2D eigenvalue weighted by Crippen LogP contribution is 2.33. The first-order chi connectivity index (χ1) is 9.33. The molecule has 1 atom stereocenters. The first kappa shape index (κ1) is 11.0. The van der Waals surface area contributed by atoms with Gasteiger partial charge in [0, 0.05) is 6.04 Å². The summed E-state index contributed by atoms with van der Waals surface area (Å²) < 4.78 is 0. The van der Waals surface area contributed by atoms with Gasteiger partial charge in [0.05, 0.1) is 0 Å². The number of benzene rings is 2. The lowest BCUT2D eigenvalue weighted by atomic mass is 9.85. The maximum absolute atomic E-state index is 6.08. The maximum atomic E-state index is 6.08. The average Bonchev–Trinajstić information content (AvgIpc) is 2.46. The van der Waals surface area contributed by atoms with Crippen LogP contribution in [0.2, 0.25) is 0 Å². The van der Waals surface area contributed by atoms with Crippen molar-refractivity contribution in [1.82, 2.24) is 0 Å². The predicted molar refractivity (Wildman–Crippen MR) is 82.0 cm³/mol. The summed E-state index contributed by atoms with van der Waals surface area (Å²) in [6.45, 7) is 0. The van der Waals surface area contributed by atoms with E-state index in [1.165, 1.54) is 33.0 Å². The second-order valence-electron chi connectivity index (χ2n) is 5.53. The first-order valence-electron chi connectivity index (χ1n) is 7.01. The molecule has 0 fully saturated rings. The van der Waals surface area contributed by atoms with Gasteiger partial charge in [-0.1, -0.05) is 48.6 Å². The molecule has 19 heavy (non-hydrogen) atoms. The van der Waals surface area contributed by atoms with Crippen molar-refractivity contribution < 1.29 is 0 Å². The molecule has 2 aromatic carbocycles. The summed E-state index contributed by atoms with van der Waals surface area (Å²) in [5.74, 6) is 0. The van der Waals surface area contributed by atoms with Crippen LogP contribution in [0.15, 0.2) is 36.4 Å². The Kier molecular flexibility index (Phi) is 2.36. The standard InChI is InChI=1S/C18H17N/c19-14-8-5-13-7-9-16-15-4-2-1-3-12(15)6-10-17(16)18(13)11-14/h1,3,5-10,14H,2,4,11,19H2. The molecule has 94 valence electrons. The van der Waals surface area contributed by atoms with Crippen molar-refractivity contribution >= 4 is 22.9 Å². The molecule has 1 unspecified atom stereocenters. The van der Waals surface area contributed by atoms with E-state index in [1.54, 1.807) is 0 Å². The highest BCUT2D eigenvalue weighted by Gasteiger charge is 2.16. The Hall–Kier alpha value is -1.86. The molecule has 0 saturated heterocycles. The van der Waals surface area contributed by atoms with Crippen LogP contribution in [-0.4, -0.2) is 6.04 Å². The number of aryl methyl sites for hydroxylation is 1. The van der Waals surface area contributed by atoms with E-state index in [-0.39, 0.29) is 6.04 Å². The van der Waals surface area contributed by atoms with Gasteiger partial charge in [-0.2, -0.15) is 0 Å². The lowest BCUT2D eigenvalue weighted by Crippen LogP contribution is -2.22. The molecule has 2 aliphatic rings. The zero-order chi connectivity index (χ0) is 12.8. The number of fused-ring (bicyclic) bond motifs is 5. The fraction of sp³-hybridized carbons (Fsp3) is 0.222. The van der Waals surface area contributed by atoms with Crippen LogP contribution in [0.4, 0.5) is 0 Å². The number of rotatable bonds is 0. The summed E-state index contributed by atoms with van der Waals surface area (Å²) in [5, 5.41) is 2.81. The average molecular weight is 247 g/mol. The van der Waals surface area contributed by atoms with E-state index in [0.717, 1.165) is 19.3 Å². The van der Waals surface area contributed by atoms with Crippen molar-refractivity contribution in [3.8, 4) is 0 Å². The van der Waals surface area contributed by atoms with E-state index in [4.69, 9.17) is 5.73 Å². The highest BCUT2D eigenvalue weighted by molar-refractivity contribution is 5.94. The lowest BCUT2D eigenvalue weighted by molar-refractivity contribution is 0.807. The Morgan fingerprint density at radius 2 is 1.63 bits per heavy atom. The van der Waals surface area contributed by atoms with Crippen LogP contribution in [0.3, 0.4) is 0 Å². The van der Waals surface area contributed by atoms with Gasteiger partial charge in [-0.25, -0.2) is 0 Å².